The standard InChI is InChI=1S/C24H28N4O2/c1-18-11-12-20(22(14-18)29-3)15-27-24(25-2)28-16-21-10-7-13-26-23(21)30-17-19-8-5-4-6-9-19/h4-14H,15-17H2,1-3H3,(H2,25,27,28). The molecule has 3 rings (SSSR count). The molecule has 0 radical (unpaired) electrons. The largest absolute Gasteiger partial charge is 0.496 e. The molecule has 0 saturated heterocycles. The Balaban J connectivity index is 1.57. The molecule has 6 heteroatoms. The highest BCUT2D eigenvalue weighted by molar-refractivity contribution is 5.79. The summed E-state index contributed by atoms with van der Waals surface area (Å²) in [5.41, 5.74) is 4.30. The summed E-state index contributed by atoms with van der Waals surface area (Å²) in [5, 5.41) is 6.65. The molecule has 0 saturated carbocycles. The van der Waals surface area contributed by atoms with Gasteiger partial charge in [0.1, 0.15) is 12.4 Å². The third kappa shape index (κ3) is 5.98. The molecule has 2 N–H and O–H groups in total. The fraction of sp³-hybridized carbons (Fsp3) is 0.250. The van der Waals surface area contributed by atoms with E-state index in [2.05, 4.69) is 32.7 Å². The second-order valence-electron chi connectivity index (χ2n) is 6.84. The van der Waals surface area contributed by atoms with Crippen LogP contribution in [0.5, 0.6) is 11.6 Å². The molecule has 0 fully saturated rings. The maximum atomic E-state index is 5.93. The van der Waals surface area contributed by atoms with Crippen LogP contribution in [0.15, 0.2) is 71.9 Å². The topological polar surface area (TPSA) is 67.8 Å². The van der Waals surface area contributed by atoms with Crippen LogP contribution in [0.3, 0.4) is 0 Å². The van der Waals surface area contributed by atoms with Crippen molar-refractivity contribution >= 4 is 5.96 Å². The smallest absolute Gasteiger partial charge is 0.218 e. The highest BCUT2D eigenvalue weighted by atomic mass is 16.5. The van der Waals surface area contributed by atoms with E-state index < -0.39 is 0 Å². The number of aromatic nitrogens is 1. The number of nitrogens with one attached hydrogen (secondary N) is 2. The molecule has 0 aliphatic carbocycles. The van der Waals surface area contributed by atoms with Gasteiger partial charge in [-0.25, -0.2) is 4.98 Å². The first-order chi connectivity index (χ1) is 14.7. The number of hydrogen-bond donors (Lipinski definition) is 2. The van der Waals surface area contributed by atoms with Gasteiger partial charge in [0.15, 0.2) is 5.96 Å². The van der Waals surface area contributed by atoms with E-state index in [0.29, 0.717) is 31.5 Å². The van der Waals surface area contributed by atoms with Gasteiger partial charge in [0.2, 0.25) is 5.88 Å². The van der Waals surface area contributed by atoms with Crippen molar-refractivity contribution in [3.63, 3.8) is 0 Å². The van der Waals surface area contributed by atoms with Crippen LogP contribution < -0.4 is 20.1 Å². The zero-order valence-electron chi connectivity index (χ0n) is 17.7. The summed E-state index contributed by atoms with van der Waals surface area (Å²) in [7, 11) is 3.43. The summed E-state index contributed by atoms with van der Waals surface area (Å²) in [6.45, 7) is 3.67. The molecule has 3 aromatic rings. The molecule has 0 aliphatic heterocycles. The molecule has 1 aromatic heterocycles. The highest BCUT2D eigenvalue weighted by Gasteiger charge is 2.08. The average molecular weight is 405 g/mol. The van der Waals surface area contributed by atoms with E-state index in [1.54, 1.807) is 20.4 Å². The van der Waals surface area contributed by atoms with Crippen LogP contribution in [0.1, 0.15) is 22.3 Å². The van der Waals surface area contributed by atoms with Crippen LogP contribution in [0, 0.1) is 6.92 Å². The van der Waals surface area contributed by atoms with Gasteiger partial charge >= 0.3 is 0 Å². The fourth-order valence-electron chi connectivity index (χ4n) is 2.99. The molecule has 156 valence electrons. The van der Waals surface area contributed by atoms with Crippen molar-refractivity contribution in [2.75, 3.05) is 14.2 Å². The first-order valence-electron chi connectivity index (χ1n) is 9.88. The number of guanidine groups is 1. The van der Waals surface area contributed by atoms with Gasteiger partial charge < -0.3 is 20.1 Å². The van der Waals surface area contributed by atoms with E-state index in [1.165, 1.54) is 0 Å². The van der Waals surface area contributed by atoms with Crippen LogP contribution in [0.4, 0.5) is 0 Å². The predicted octanol–water partition coefficient (Wildman–Crippen LogP) is 3.84. The Morgan fingerprint density at radius 3 is 2.47 bits per heavy atom. The second kappa shape index (κ2) is 10.9. The van der Waals surface area contributed by atoms with Crippen LogP contribution in [-0.4, -0.2) is 25.1 Å². The monoisotopic (exact) mass is 404 g/mol. The van der Waals surface area contributed by atoms with E-state index in [4.69, 9.17) is 9.47 Å². The van der Waals surface area contributed by atoms with E-state index in [1.807, 2.05) is 55.5 Å². The number of benzene rings is 2. The lowest BCUT2D eigenvalue weighted by Gasteiger charge is -2.15. The summed E-state index contributed by atoms with van der Waals surface area (Å²) in [5.74, 6) is 2.17. The normalized spacial score (nSPS) is 11.1. The van der Waals surface area contributed by atoms with Crippen LogP contribution in [-0.2, 0) is 19.7 Å². The second-order valence-corrected chi connectivity index (χ2v) is 6.84. The molecule has 1 heterocycles. The highest BCUT2D eigenvalue weighted by Crippen LogP contribution is 2.19. The Morgan fingerprint density at radius 2 is 1.73 bits per heavy atom. The van der Waals surface area contributed by atoms with Gasteiger partial charge in [-0.3, -0.25) is 4.99 Å². The maximum Gasteiger partial charge on any atom is 0.218 e. The van der Waals surface area contributed by atoms with Gasteiger partial charge in [0.25, 0.3) is 0 Å². The minimum Gasteiger partial charge on any atom is -0.496 e. The quantitative estimate of drug-likeness (QED) is 0.441. The number of nitrogens with zero attached hydrogens (tertiary/aromatic N) is 2. The number of aliphatic imine (C=N–C) groups is 1. The van der Waals surface area contributed by atoms with Crippen molar-refractivity contribution in [1.29, 1.82) is 0 Å². The SMILES string of the molecule is CN=C(NCc1ccc(C)cc1OC)NCc1cccnc1OCc1ccccc1. The maximum absolute atomic E-state index is 5.93. The van der Waals surface area contributed by atoms with Crippen molar-refractivity contribution in [3.05, 3.63) is 89.1 Å². The van der Waals surface area contributed by atoms with E-state index in [0.717, 1.165) is 28.0 Å². The molecular formula is C24H28N4O2. The number of pyridine rings is 1. The molecule has 0 bridgehead atoms. The molecular weight excluding hydrogens is 376 g/mol. The predicted molar refractivity (Wildman–Crippen MR) is 120 cm³/mol. The van der Waals surface area contributed by atoms with Gasteiger partial charge in [-0.15, -0.1) is 0 Å². The lowest BCUT2D eigenvalue weighted by molar-refractivity contribution is 0.290. The first-order valence-corrected chi connectivity index (χ1v) is 9.88. The molecule has 0 atom stereocenters. The molecule has 30 heavy (non-hydrogen) atoms. The Morgan fingerprint density at radius 1 is 0.967 bits per heavy atom. The summed E-state index contributed by atoms with van der Waals surface area (Å²) < 4.78 is 11.4. The Kier molecular flexibility index (Phi) is 7.66. The van der Waals surface area contributed by atoms with Crippen molar-refractivity contribution in [3.8, 4) is 11.6 Å². The summed E-state index contributed by atoms with van der Waals surface area (Å²) in [6, 6.07) is 20.1. The lowest BCUT2D eigenvalue weighted by atomic mass is 10.1. The van der Waals surface area contributed by atoms with Gasteiger partial charge in [-0.1, -0.05) is 48.5 Å². The van der Waals surface area contributed by atoms with Crippen LogP contribution >= 0.6 is 0 Å². The minimum atomic E-state index is 0.477. The third-order valence-corrected chi connectivity index (χ3v) is 4.63. The van der Waals surface area contributed by atoms with Gasteiger partial charge in [0.05, 0.1) is 7.11 Å². The summed E-state index contributed by atoms with van der Waals surface area (Å²) in [4.78, 5) is 8.69. The van der Waals surface area contributed by atoms with E-state index in [9.17, 15) is 0 Å². The number of hydrogen-bond acceptors (Lipinski definition) is 4. The zero-order valence-corrected chi connectivity index (χ0v) is 17.7. The number of rotatable bonds is 8. The lowest BCUT2D eigenvalue weighted by Crippen LogP contribution is -2.36. The molecule has 6 nitrogen and oxygen atoms in total. The number of ether oxygens (including phenoxy) is 2. The Labute approximate surface area is 178 Å². The van der Waals surface area contributed by atoms with E-state index in [-0.39, 0.29) is 0 Å². The van der Waals surface area contributed by atoms with Crippen molar-refractivity contribution in [1.82, 2.24) is 15.6 Å². The van der Waals surface area contributed by atoms with Crippen LogP contribution in [0.2, 0.25) is 0 Å². The fourth-order valence-corrected chi connectivity index (χ4v) is 2.99. The third-order valence-electron chi connectivity index (χ3n) is 4.63. The zero-order chi connectivity index (χ0) is 21.2. The number of methoxy groups -OCH3 is 1. The summed E-state index contributed by atoms with van der Waals surface area (Å²) in [6.07, 6.45) is 1.74. The van der Waals surface area contributed by atoms with Crippen molar-refractivity contribution in [2.24, 2.45) is 4.99 Å². The summed E-state index contributed by atoms with van der Waals surface area (Å²) >= 11 is 0. The Bertz CT molecular complexity index is 974. The van der Waals surface area contributed by atoms with Gasteiger partial charge in [0, 0.05) is 37.5 Å². The number of aryl methyl sites for hydroxylation is 1. The molecule has 0 unspecified atom stereocenters. The molecule has 0 amide bonds. The van der Waals surface area contributed by atoms with Gasteiger partial charge in [-0.2, -0.15) is 0 Å². The van der Waals surface area contributed by atoms with Crippen LogP contribution in [0.25, 0.3) is 0 Å². The van der Waals surface area contributed by atoms with Crippen molar-refractivity contribution < 1.29 is 9.47 Å². The molecule has 0 aliphatic rings. The molecule has 0 spiro atoms. The Hall–Kier alpha value is -3.54. The van der Waals surface area contributed by atoms with Gasteiger partial charge in [-0.05, 0) is 30.2 Å². The minimum absolute atomic E-state index is 0.477. The molecule has 2 aromatic carbocycles. The average Bonchev–Trinajstić information content (AvgIpc) is 2.79. The van der Waals surface area contributed by atoms with E-state index >= 15 is 0 Å². The van der Waals surface area contributed by atoms with Crippen molar-refractivity contribution in [2.45, 2.75) is 26.6 Å². The first kappa shape index (κ1) is 21.2.